The monoisotopic (exact) mass is 786 g/mol. The fourth-order valence-corrected chi connectivity index (χ4v) is 8.50. The van der Waals surface area contributed by atoms with Crippen molar-refractivity contribution in [3.63, 3.8) is 0 Å². The number of hydrogen-bond acceptors (Lipinski definition) is 9. The lowest BCUT2D eigenvalue weighted by molar-refractivity contribution is -0.274. The van der Waals surface area contributed by atoms with Crippen LogP contribution >= 0.6 is 0 Å². The van der Waals surface area contributed by atoms with E-state index >= 15 is 0 Å². The first-order valence-corrected chi connectivity index (χ1v) is 18.9. The van der Waals surface area contributed by atoms with E-state index < -0.39 is 12.0 Å². The predicted octanol–water partition coefficient (Wildman–Crippen LogP) is 8.91. The molecule has 0 aromatic heterocycles. The van der Waals surface area contributed by atoms with E-state index in [1.54, 1.807) is 54.8 Å². The van der Waals surface area contributed by atoms with E-state index in [0.717, 1.165) is 71.7 Å². The number of allylic oxidation sites excluding steroid dienone is 2. The normalized spacial score (nSPS) is 20.9. The summed E-state index contributed by atoms with van der Waals surface area (Å²) in [7, 11) is 9.82. The van der Waals surface area contributed by atoms with E-state index in [0.29, 0.717) is 23.8 Å². The number of anilines is 1. The molecular formula is C45H49F3N2O7. The van der Waals surface area contributed by atoms with Crippen LogP contribution in [0.5, 0.6) is 23.0 Å². The number of benzene rings is 4. The highest BCUT2D eigenvalue weighted by molar-refractivity contribution is 5.79. The second kappa shape index (κ2) is 16.7. The van der Waals surface area contributed by atoms with Gasteiger partial charge >= 0.3 is 6.36 Å². The number of hydrogen-bond donors (Lipinski definition) is 0. The third-order valence-corrected chi connectivity index (χ3v) is 11.3. The Morgan fingerprint density at radius 2 is 1.39 bits per heavy atom. The summed E-state index contributed by atoms with van der Waals surface area (Å²) >= 11 is 0. The Kier molecular flexibility index (Phi) is 11.8. The van der Waals surface area contributed by atoms with Gasteiger partial charge < -0.3 is 38.1 Å². The smallest absolute Gasteiger partial charge is 0.498 e. The van der Waals surface area contributed by atoms with Crippen LogP contribution in [0.2, 0.25) is 0 Å². The number of nitrogens with zero attached hydrogens (tertiary/aromatic N) is 2. The first kappa shape index (κ1) is 40.0. The lowest BCUT2D eigenvalue weighted by Gasteiger charge is -2.40. The van der Waals surface area contributed by atoms with E-state index in [1.165, 1.54) is 17.7 Å². The number of rotatable bonds is 15. The van der Waals surface area contributed by atoms with Gasteiger partial charge in [0.2, 0.25) is 5.75 Å². The largest absolute Gasteiger partial charge is 0.573 e. The quantitative estimate of drug-likeness (QED) is 0.118. The van der Waals surface area contributed by atoms with E-state index in [4.69, 9.17) is 28.4 Å². The van der Waals surface area contributed by atoms with Gasteiger partial charge in [0, 0.05) is 58.0 Å². The maximum absolute atomic E-state index is 13.0. The number of halogens is 3. The average molecular weight is 787 g/mol. The van der Waals surface area contributed by atoms with Crippen molar-refractivity contribution in [2.45, 2.75) is 50.0 Å². The molecule has 0 radical (unpaired) electrons. The third kappa shape index (κ3) is 8.30. The Bertz CT molecular complexity index is 2070. The van der Waals surface area contributed by atoms with Crippen molar-refractivity contribution >= 4 is 11.3 Å². The van der Waals surface area contributed by atoms with Crippen molar-refractivity contribution in [2.24, 2.45) is 5.92 Å². The maximum Gasteiger partial charge on any atom is 0.573 e. The fraction of sp³-hybridized carbons (Fsp3) is 0.378. The molecule has 0 N–H and O–H groups in total. The molecule has 3 aliphatic rings. The van der Waals surface area contributed by atoms with Crippen molar-refractivity contribution < 1.29 is 46.3 Å². The topological polar surface area (TPSA) is 71.1 Å². The van der Waals surface area contributed by atoms with E-state index in [-0.39, 0.29) is 23.8 Å². The molecular weight excluding hydrogens is 737 g/mol. The van der Waals surface area contributed by atoms with E-state index in [2.05, 4.69) is 63.1 Å². The number of likely N-dealkylation sites (tertiary alicyclic amines) is 1. The number of piperidine rings is 1. The summed E-state index contributed by atoms with van der Waals surface area (Å²) in [5, 5.41) is 0. The molecule has 0 bridgehead atoms. The van der Waals surface area contributed by atoms with Gasteiger partial charge in [0.15, 0.2) is 17.1 Å². The van der Waals surface area contributed by atoms with Gasteiger partial charge in [-0.05, 0) is 101 Å². The average Bonchev–Trinajstić information content (AvgIpc) is 3.90. The zero-order valence-corrected chi connectivity index (χ0v) is 33.1. The molecule has 4 aromatic carbocycles. The van der Waals surface area contributed by atoms with Crippen LogP contribution in [0.3, 0.4) is 0 Å². The lowest BCUT2D eigenvalue weighted by atomic mass is 9.95. The molecule has 1 saturated heterocycles. The third-order valence-electron chi connectivity index (χ3n) is 11.3. The van der Waals surface area contributed by atoms with Gasteiger partial charge in [-0.3, -0.25) is 4.90 Å². The number of alkyl halides is 3. The molecule has 3 atom stereocenters. The van der Waals surface area contributed by atoms with Crippen LogP contribution in [0.4, 0.5) is 18.9 Å². The maximum atomic E-state index is 13.0. The Labute approximate surface area is 332 Å². The molecule has 9 nitrogen and oxygen atoms in total. The van der Waals surface area contributed by atoms with Gasteiger partial charge in [0.25, 0.3) is 0 Å². The second-order valence-corrected chi connectivity index (χ2v) is 14.5. The van der Waals surface area contributed by atoms with Crippen LogP contribution in [0.15, 0.2) is 103 Å². The Hall–Kier alpha value is -5.17. The number of fused-ring (bicyclic) bond motifs is 1. The molecule has 4 aromatic rings. The summed E-state index contributed by atoms with van der Waals surface area (Å²) in [5.41, 5.74) is 6.57. The predicted molar refractivity (Wildman–Crippen MR) is 213 cm³/mol. The van der Waals surface area contributed by atoms with Crippen molar-refractivity contribution in [3.8, 4) is 34.1 Å². The summed E-state index contributed by atoms with van der Waals surface area (Å²) in [6.45, 7) is 3.06. The van der Waals surface area contributed by atoms with Crippen molar-refractivity contribution in [2.75, 3.05) is 60.6 Å². The molecule has 1 aliphatic heterocycles. The fourth-order valence-electron chi connectivity index (χ4n) is 8.50. The summed E-state index contributed by atoms with van der Waals surface area (Å²) in [6.07, 6.45) is 1.17. The summed E-state index contributed by atoms with van der Waals surface area (Å²) < 4.78 is 77.4. The zero-order valence-electron chi connectivity index (χ0n) is 33.1. The molecule has 0 spiro atoms. The van der Waals surface area contributed by atoms with Gasteiger partial charge in [-0.2, -0.15) is 0 Å². The molecule has 0 amide bonds. The van der Waals surface area contributed by atoms with Crippen LogP contribution in [0, 0.1) is 5.92 Å². The minimum absolute atomic E-state index is 0.0818. The molecule has 12 heteroatoms. The molecule has 1 saturated carbocycles. The van der Waals surface area contributed by atoms with Crippen LogP contribution in [0.25, 0.3) is 16.7 Å². The van der Waals surface area contributed by atoms with Crippen LogP contribution in [-0.2, 0) is 27.3 Å². The van der Waals surface area contributed by atoms with Crippen LogP contribution < -0.4 is 23.8 Å². The number of ether oxygens (including phenoxy) is 7. The van der Waals surface area contributed by atoms with Gasteiger partial charge in [0.1, 0.15) is 17.6 Å². The summed E-state index contributed by atoms with van der Waals surface area (Å²) in [6, 6.07) is 27.0. The van der Waals surface area contributed by atoms with Gasteiger partial charge in [-0.25, -0.2) is 0 Å². The highest BCUT2D eigenvalue weighted by Crippen LogP contribution is 2.58. The van der Waals surface area contributed by atoms with Gasteiger partial charge in [-0.1, -0.05) is 42.5 Å². The molecule has 302 valence electrons. The molecule has 7 rings (SSSR count). The molecule has 57 heavy (non-hydrogen) atoms. The van der Waals surface area contributed by atoms with Gasteiger partial charge in [0.05, 0.1) is 28.4 Å². The van der Waals surface area contributed by atoms with Crippen LogP contribution in [0.1, 0.15) is 29.5 Å². The Morgan fingerprint density at radius 3 is 1.98 bits per heavy atom. The molecule has 3 unspecified atom stereocenters. The lowest BCUT2D eigenvalue weighted by Crippen LogP contribution is -2.44. The molecule has 2 fully saturated rings. The highest BCUT2D eigenvalue weighted by Gasteiger charge is 2.70. The van der Waals surface area contributed by atoms with E-state index in [1.807, 2.05) is 24.3 Å². The SMILES string of the molecule is COC1=CC(c2cccc(CN3CCC(N(Cc4cccc(-c5cc(OC)c(OC)c(OC)c5)c4)c4ccc(OC(F)(F)F)cc4)CC3)c2)=CC2C(OC)C12OC. The van der Waals surface area contributed by atoms with Crippen molar-refractivity contribution in [1.29, 1.82) is 0 Å². The van der Waals surface area contributed by atoms with Crippen LogP contribution in [-0.4, -0.2) is 84.8 Å². The summed E-state index contributed by atoms with van der Waals surface area (Å²) in [5.74, 6) is 2.22. The standard InChI is InChI=1S/C45H49F3N2O7/c1-51-39-24-34(25-40(52-2)42(39)54-4)32-12-8-10-30(22-32)28-50(35-13-15-37(16-14-35)57-45(46,47)48)36-17-19-49(20-18-36)27-29-9-7-11-31(21-29)33-23-38-43(55-5)44(38,56-6)41(26-33)53-3/h7-16,21-26,36,38,43H,17-20,27-28H2,1-6H3. The van der Waals surface area contributed by atoms with Gasteiger partial charge in [-0.15, -0.1) is 13.2 Å². The van der Waals surface area contributed by atoms with Crippen molar-refractivity contribution in [1.82, 2.24) is 4.90 Å². The minimum Gasteiger partial charge on any atom is -0.498 e. The first-order chi connectivity index (χ1) is 27.5. The first-order valence-electron chi connectivity index (χ1n) is 18.9. The molecule has 1 heterocycles. The van der Waals surface area contributed by atoms with Crippen molar-refractivity contribution in [3.05, 3.63) is 120 Å². The second-order valence-electron chi connectivity index (χ2n) is 14.5. The zero-order chi connectivity index (χ0) is 40.3. The van der Waals surface area contributed by atoms with E-state index in [9.17, 15) is 13.2 Å². The number of methoxy groups -OCH3 is 6. The highest BCUT2D eigenvalue weighted by atomic mass is 19.4. The Balaban J connectivity index is 1.08. The Morgan fingerprint density at radius 1 is 0.737 bits per heavy atom. The summed E-state index contributed by atoms with van der Waals surface area (Å²) in [4.78, 5) is 4.76. The minimum atomic E-state index is -4.77. The molecule has 2 aliphatic carbocycles.